The lowest BCUT2D eigenvalue weighted by molar-refractivity contribution is -0.129. The van der Waals surface area contributed by atoms with Gasteiger partial charge in [0.25, 0.3) is 0 Å². The summed E-state index contributed by atoms with van der Waals surface area (Å²) >= 11 is 5.98. The van der Waals surface area contributed by atoms with Gasteiger partial charge < -0.3 is 16.0 Å². The maximum absolute atomic E-state index is 12.3. The van der Waals surface area contributed by atoms with Crippen molar-refractivity contribution in [3.63, 3.8) is 0 Å². The highest BCUT2D eigenvalue weighted by molar-refractivity contribution is 6.35. The zero-order valence-electron chi connectivity index (χ0n) is 12.3. The number of aromatic nitrogens is 2. The van der Waals surface area contributed by atoms with Gasteiger partial charge in [-0.2, -0.15) is 0 Å². The molecule has 2 rings (SSSR count). The first-order valence-electron chi connectivity index (χ1n) is 6.93. The van der Waals surface area contributed by atoms with Crippen molar-refractivity contribution in [2.75, 3.05) is 24.1 Å². The van der Waals surface area contributed by atoms with E-state index in [1.165, 1.54) is 6.33 Å². The number of hydrogen-bond donors (Lipinski definition) is 2. The van der Waals surface area contributed by atoms with Gasteiger partial charge in [0, 0.05) is 13.1 Å². The topological polar surface area (TPSA) is 84.1 Å². The number of hydrogen-bond acceptors (Lipinski definition) is 5. The van der Waals surface area contributed by atoms with Crippen molar-refractivity contribution < 1.29 is 4.79 Å². The highest BCUT2D eigenvalue weighted by atomic mass is 35.5. The zero-order valence-corrected chi connectivity index (χ0v) is 13.0. The second-order valence-corrected chi connectivity index (χ2v) is 5.05. The lowest BCUT2D eigenvalue weighted by Gasteiger charge is -2.21. The smallest absolute Gasteiger partial charge is 0.242 e. The summed E-state index contributed by atoms with van der Waals surface area (Å²) in [6.07, 6.45) is 1.30. The van der Waals surface area contributed by atoms with Crippen LogP contribution in [-0.4, -0.2) is 33.9 Å². The molecule has 0 bridgehead atoms. The Labute approximate surface area is 134 Å². The minimum atomic E-state index is -0.0420. The number of nitrogens with two attached hydrogens (primary N) is 1. The first-order valence-corrected chi connectivity index (χ1v) is 7.31. The van der Waals surface area contributed by atoms with Crippen molar-refractivity contribution in [3.05, 3.63) is 47.2 Å². The molecule has 1 aromatic heterocycles. The van der Waals surface area contributed by atoms with Gasteiger partial charge in [-0.05, 0) is 12.5 Å². The van der Waals surface area contributed by atoms with Crippen molar-refractivity contribution in [2.24, 2.45) is 0 Å². The van der Waals surface area contributed by atoms with Gasteiger partial charge in [0.15, 0.2) is 5.82 Å². The Morgan fingerprint density at radius 3 is 2.73 bits per heavy atom. The molecule has 1 aromatic carbocycles. The fourth-order valence-electron chi connectivity index (χ4n) is 1.96. The number of nitrogen functional groups attached to an aromatic ring is 1. The predicted octanol–water partition coefficient (Wildman–Crippen LogP) is 2.17. The van der Waals surface area contributed by atoms with E-state index in [4.69, 9.17) is 17.3 Å². The normalized spacial score (nSPS) is 10.3. The minimum absolute atomic E-state index is 0.0420. The first-order chi connectivity index (χ1) is 10.6. The maximum Gasteiger partial charge on any atom is 0.242 e. The van der Waals surface area contributed by atoms with Crippen LogP contribution in [0.25, 0.3) is 0 Å². The Balaban J connectivity index is 1.96. The molecule has 116 valence electrons. The van der Waals surface area contributed by atoms with Gasteiger partial charge in [0.05, 0.1) is 6.54 Å². The Morgan fingerprint density at radius 1 is 1.32 bits per heavy atom. The van der Waals surface area contributed by atoms with E-state index in [1.807, 2.05) is 37.3 Å². The van der Waals surface area contributed by atoms with Gasteiger partial charge in [0.2, 0.25) is 5.91 Å². The maximum atomic E-state index is 12.3. The van der Waals surface area contributed by atoms with E-state index in [2.05, 4.69) is 15.3 Å². The molecule has 0 saturated carbocycles. The summed E-state index contributed by atoms with van der Waals surface area (Å²) in [6.45, 7) is 3.22. The number of anilines is 2. The summed E-state index contributed by atoms with van der Waals surface area (Å²) in [5.74, 6) is 0.501. The number of nitrogens with zero attached hydrogens (tertiary/aromatic N) is 3. The molecule has 1 heterocycles. The number of benzene rings is 1. The number of likely N-dealkylation sites (N-methyl/N-ethyl adjacent to an activating group) is 1. The van der Waals surface area contributed by atoms with Crippen LogP contribution in [0.1, 0.15) is 12.5 Å². The summed E-state index contributed by atoms with van der Waals surface area (Å²) in [4.78, 5) is 21.8. The summed E-state index contributed by atoms with van der Waals surface area (Å²) in [5.41, 5.74) is 6.68. The van der Waals surface area contributed by atoms with Crippen molar-refractivity contribution in [1.82, 2.24) is 14.9 Å². The quantitative estimate of drug-likeness (QED) is 0.852. The van der Waals surface area contributed by atoms with Crippen LogP contribution in [0.5, 0.6) is 0 Å². The average molecular weight is 320 g/mol. The molecule has 0 atom stereocenters. The molecule has 0 radical (unpaired) electrons. The van der Waals surface area contributed by atoms with Crippen LogP contribution in [0.15, 0.2) is 36.7 Å². The van der Waals surface area contributed by atoms with Crippen molar-refractivity contribution in [1.29, 1.82) is 0 Å². The summed E-state index contributed by atoms with van der Waals surface area (Å²) < 4.78 is 0. The number of rotatable bonds is 6. The van der Waals surface area contributed by atoms with Gasteiger partial charge in [-0.1, -0.05) is 41.9 Å². The van der Waals surface area contributed by atoms with E-state index >= 15 is 0 Å². The van der Waals surface area contributed by atoms with Gasteiger partial charge >= 0.3 is 0 Å². The largest absolute Gasteiger partial charge is 0.382 e. The average Bonchev–Trinajstić information content (AvgIpc) is 2.54. The van der Waals surface area contributed by atoms with E-state index in [1.54, 1.807) is 4.90 Å². The predicted molar refractivity (Wildman–Crippen MR) is 87.5 cm³/mol. The molecule has 0 spiro atoms. The highest BCUT2D eigenvalue weighted by Crippen LogP contribution is 2.22. The molecular weight excluding hydrogens is 302 g/mol. The molecule has 3 N–H and O–H groups in total. The fraction of sp³-hybridized carbons (Fsp3) is 0.267. The summed E-state index contributed by atoms with van der Waals surface area (Å²) in [5, 5.41) is 3.12. The molecule has 0 fully saturated rings. The van der Waals surface area contributed by atoms with Crippen LogP contribution in [0.3, 0.4) is 0 Å². The Hall–Kier alpha value is -2.34. The molecule has 1 amide bonds. The molecule has 0 aliphatic carbocycles. The fourth-order valence-corrected chi connectivity index (χ4v) is 2.12. The summed E-state index contributed by atoms with van der Waals surface area (Å²) in [7, 11) is 0. The van der Waals surface area contributed by atoms with Crippen LogP contribution in [0, 0.1) is 0 Å². The second kappa shape index (κ2) is 7.61. The highest BCUT2D eigenvalue weighted by Gasteiger charge is 2.13. The van der Waals surface area contributed by atoms with Crippen molar-refractivity contribution >= 4 is 29.1 Å². The second-order valence-electron chi connectivity index (χ2n) is 4.67. The third kappa shape index (κ3) is 4.08. The van der Waals surface area contributed by atoms with Crippen LogP contribution in [-0.2, 0) is 11.3 Å². The molecule has 0 saturated heterocycles. The minimum Gasteiger partial charge on any atom is -0.382 e. The summed E-state index contributed by atoms with van der Waals surface area (Å²) in [6, 6.07) is 9.84. The van der Waals surface area contributed by atoms with Crippen LogP contribution in [0.2, 0.25) is 5.02 Å². The molecule has 0 unspecified atom stereocenters. The van der Waals surface area contributed by atoms with Crippen LogP contribution < -0.4 is 11.1 Å². The van der Waals surface area contributed by atoms with E-state index in [0.717, 1.165) is 5.56 Å². The molecule has 0 aliphatic rings. The number of carbonyl (C=O) groups is 1. The third-order valence-corrected chi connectivity index (χ3v) is 3.55. The van der Waals surface area contributed by atoms with E-state index in [0.29, 0.717) is 18.9 Å². The Bertz CT molecular complexity index is 635. The van der Waals surface area contributed by atoms with Gasteiger partial charge in [-0.15, -0.1) is 0 Å². The lowest BCUT2D eigenvalue weighted by atomic mass is 10.2. The molecule has 22 heavy (non-hydrogen) atoms. The first kappa shape index (κ1) is 16.0. The molecule has 6 nitrogen and oxygen atoms in total. The number of amides is 1. The third-order valence-electron chi connectivity index (χ3n) is 3.17. The molecule has 2 aromatic rings. The van der Waals surface area contributed by atoms with Crippen LogP contribution in [0.4, 0.5) is 11.6 Å². The molecular formula is C15H18ClN5O. The lowest BCUT2D eigenvalue weighted by Crippen LogP contribution is -2.35. The van der Waals surface area contributed by atoms with Gasteiger partial charge in [-0.3, -0.25) is 4.79 Å². The Kier molecular flexibility index (Phi) is 5.55. The zero-order chi connectivity index (χ0) is 15.9. The standard InChI is InChI=1S/C15H18ClN5O/c1-2-21(9-11-6-4-3-5-7-11)12(22)8-18-15-13(16)14(17)19-10-20-15/h3-7,10H,2,8-9H2,1H3,(H3,17,18,19,20). The SMILES string of the molecule is CCN(Cc1ccccc1)C(=O)CNc1ncnc(N)c1Cl. The van der Waals surface area contributed by atoms with E-state index < -0.39 is 0 Å². The number of halogens is 1. The van der Waals surface area contributed by atoms with Gasteiger partial charge in [-0.25, -0.2) is 9.97 Å². The van der Waals surface area contributed by atoms with Crippen LogP contribution >= 0.6 is 11.6 Å². The monoisotopic (exact) mass is 319 g/mol. The van der Waals surface area contributed by atoms with Crippen molar-refractivity contribution in [3.8, 4) is 0 Å². The number of nitrogens with one attached hydrogen (secondary N) is 1. The van der Waals surface area contributed by atoms with Crippen molar-refractivity contribution in [2.45, 2.75) is 13.5 Å². The molecule has 7 heteroatoms. The Morgan fingerprint density at radius 2 is 2.05 bits per heavy atom. The number of carbonyl (C=O) groups excluding carboxylic acids is 1. The van der Waals surface area contributed by atoms with E-state index in [9.17, 15) is 4.79 Å². The molecule has 0 aliphatic heterocycles. The van der Waals surface area contributed by atoms with Gasteiger partial charge in [0.1, 0.15) is 17.2 Å². The van der Waals surface area contributed by atoms with E-state index in [-0.39, 0.29) is 23.3 Å².